The fourth-order valence-electron chi connectivity index (χ4n) is 7.54. The predicted octanol–water partition coefficient (Wildman–Crippen LogP) is 18.1. The van der Waals surface area contributed by atoms with Crippen molar-refractivity contribution >= 4 is 19.7 Å². The first-order valence-electron chi connectivity index (χ1n) is 29.5. The minimum Gasteiger partial charge on any atom is -0.456 e. The second-order valence-corrected chi connectivity index (χ2v) is 21.9. The average Bonchev–Trinajstić information content (AvgIpc) is 3.37. The zero-order valence-electron chi connectivity index (χ0n) is 48.5. The highest BCUT2D eigenvalue weighted by molar-refractivity contribution is 7.47. The number of quaternary nitrogens is 1. The number of esters is 1. The molecule has 0 bridgehead atoms. The van der Waals surface area contributed by atoms with E-state index >= 15 is 0 Å². The third-order valence-corrected chi connectivity index (χ3v) is 13.1. The molecule has 0 saturated heterocycles. The predicted molar refractivity (Wildman–Crippen MR) is 323 cm³/mol. The van der Waals surface area contributed by atoms with Gasteiger partial charge in [0.1, 0.15) is 19.3 Å². The highest BCUT2D eigenvalue weighted by Crippen LogP contribution is 2.43. The van der Waals surface area contributed by atoms with Crippen molar-refractivity contribution in [1.29, 1.82) is 0 Å². The van der Waals surface area contributed by atoms with Crippen molar-refractivity contribution < 1.29 is 37.3 Å². The van der Waals surface area contributed by atoms with E-state index in [1.54, 1.807) is 6.08 Å². The van der Waals surface area contributed by atoms with Crippen molar-refractivity contribution in [3.05, 3.63) is 134 Å². The number of nitrogens with one attached hydrogen (secondary N) is 1. The van der Waals surface area contributed by atoms with E-state index in [2.05, 4.69) is 135 Å². The lowest BCUT2D eigenvalue weighted by Gasteiger charge is -2.27. The van der Waals surface area contributed by atoms with E-state index in [0.29, 0.717) is 23.9 Å². The Morgan fingerprint density at radius 2 is 0.867 bits per heavy atom. The van der Waals surface area contributed by atoms with Crippen LogP contribution in [-0.4, -0.2) is 74.3 Å². The number of hydrogen-bond donors (Lipinski definition) is 2. The molecule has 0 radical (unpaired) electrons. The van der Waals surface area contributed by atoms with Gasteiger partial charge in [0.25, 0.3) is 0 Å². The van der Waals surface area contributed by atoms with E-state index in [4.69, 9.17) is 13.8 Å². The average molecular weight is 1060 g/mol. The van der Waals surface area contributed by atoms with E-state index < -0.39 is 25.9 Å². The number of likely N-dealkylation sites (N-methyl/N-ethyl adjacent to an activating group) is 1. The molecular formula is C65H110N2O7P+. The first kappa shape index (κ1) is 71.2. The van der Waals surface area contributed by atoms with Gasteiger partial charge in [-0.05, 0) is 109 Å². The molecule has 0 aromatic rings. The molecule has 0 aromatic heterocycles. The van der Waals surface area contributed by atoms with Gasteiger partial charge in [0.15, 0.2) is 0 Å². The summed E-state index contributed by atoms with van der Waals surface area (Å²) in [5.74, 6) is -0.680. The van der Waals surface area contributed by atoms with E-state index in [-0.39, 0.29) is 32.0 Å². The molecule has 426 valence electrons. The molecule has 0 aromatic carbocycles. The molecule has 0 fully saturated rings. The van der Waals surface area contributed by atoms with Gasteiger partial charge in [0.2, 0.25) is 5.91 Å². The Bertz CT molecular complexity index is 1740. The lowest BCUT2D eigenvalue weighted by Crippen LogP contribution is -2.47. The molecule has 0 spiro atoms. The SMILES string of the molecule is CC/C=C\C/C=C\C/C=C\C/C=C\C/C=C\C/C=C\CCC(=O)NC(COP(=O)(O)OCC[N+](C)(C)C)C(/C=C/CCCCCCCCCCCCC)OC(=O)CCC/C=C\C/C=C\C/C=C\C/C=C\CCCCC. The maximum absolute atomic E-state index is 13.5. The van der Waals surface area contributed by atoms with Crippen LogP contribution in [0.1, 0.15) is 213 Å². The number of allylic oxidation sites excluding steroid dienone is 21. The third-order valence-electron chi connectivity index (χ3n) is 12.1. The zero-order valence-corrected chi connectivity index (χ0v) is 49.4. The van der Waals surface area contributed by atoms with Crippen molar-refractivity contribution in [3.63, 3.8) is 0 Å². The Morgan fingerprint density at radius 3 is 1.33 bits per heavy atom. The standard InChI is InChI=1S/C65H109N2O7P/c1-7-10-13-16-19-22-25-28-30-32-33-35-36-39-42-45-48-51-54-57-64(68)66-62(61-73-75(70,71)72-60-59-67(4,5)6)63(56-53-50-47-44-41-38-27-24-21-18-15-12-9-3)74-65(69)58-55-52-49-46-43-40-37-34-31-29-26-23-20-17-14-11-8-2/h10,13,19-20,22-23,28-31,33,35,37,39-40,42,46,48-49,51,53,56,62-63H,7-9,11-12,14-18,21,24-27,32,34,36,38,41,43-45,47,50,52,54-55,57-61H2,1-6H3,(H-,66,68,70,71)/p+1/b13-10-,22-19-,23-20-,30-28-,31-29-,35-33-,40-37-,42-39-,49-46-,51-48-,56-53+. The summed E-state index contributed by atoms with van der Waals surface area (Å²) in [6.07, 6.45) is 76.2. The van der Waals surface area contributed by atoms with Gasteiger partial charge in [-0.25, -0.2) is 4.57 Å². The second-order valence-electron chi connectivity index (χ2n) is 20.4. The summed E-state index contributed by atoms with van der Waals surface area (Å²) in [7, 11) is 1.40. The third kappa shape index (κ3) is 54.7. The molecule has 75 heavy (non-hydrogen) atoms. The number of hydrogen-bond acceptors (Lipinski definition) is 6. The van der Waals surface area contributed by atoms with Crippen LogP contribution in [0.5, 0.6) is 0 Å². The van der Waals surface area contributed by atoms with Crippen LogP contribution in [0, 0.1) is 0 Å². The molecule has 0 saturated carbocycles. The number of phosphoric ester groups is 1. The van der Waals surface area contributed by atoms with Crippen molar-refractivity contribution in [2.24, 2.45) is 0 Å². The molecule has 0 rings (SSSR count). The van der Waals surface area contributed by atoms with Crippen LogP contribution in [-0.2, 0) is 27.9 Å². The van der Waals surface area contributed by atoms with Crippen LogP contribution in [0.4, 0.5) is 0 Å². The number of ether oxygens (including phenoxy) is 1. The van der Waals surface area contributed by atoms with Crippen molar-refractivity contribution in [3.8, 4) is 0 Å². The summed E-state index contributed by atoms with van der Waals surface area (Å²) in [6, 6.07) is -0.920. The first-order valence-corrected chi connectivity index (χ1v) is 31.0. The summed E-state index contributed by atoms with van der Waals surface area (Å²) in [4.78, 5) is 37.6. The molecule has 9 nitrogen and oxygen atoms in total. The Morgan fingerprint density at radius 1 is 0.480 bits per heavy atom. The summed E-state index contributed by atoms with van der Waals surface area (Å²) in [6.45, 7) is 6.75. The van der Waals surface area contributed by atoms with Crippen LogP contribution >= 0.6 is 7.82 Å². The maximum atomic E-state index is 13.5. The molecule has 0 aliphatic rings. The van der Waals surface area contributed by atoms with Gasteiger partial charge in [-0.15, -0.1) is 0 Å². The fourth-order valence-corrected chi connectivity index (χ4v) is 8.28. The molecule has 0 aliphatic carbocycles. The number of amides is 1. The summed E-state index contributed by atoms with van der Waals surface area (Å²) in [5, 5.41) is 2.98. The van der Waals surface area contributed by atoms with Gasteiger partial charge >= 0.3 is 13.8 Å². The fraction of sp³-hybridized carbons (Fsp3) is 0.631. The topological polar surface area (TPSA) is 111 Å². The van der Waals surface area contributed by atoms with E-state index in [1.165, 1.54) is 83.5 Å². The monoisotopic (exact) mass is 1060 g/mol. The van der Waals surface area contributed by atoms with Gasteiger partial charge < -0.3 is 19.4 Å². The quantitative estimate of drug-likeness (QED) is 0.0205. The van der Waals surface area contributed by atoms with E-state index in [9.17, 15) is 19.0 Å². The maximum Gasteiger partial charge on any atom is 0.472 e. The van der Waals surface area contributed by atoms with Crippen LogP contribution in [0.2, 0.25) is 0 Å². The Kier molecular flexibility index (Phi) is 50.8. The van der Waals surface area contributed by atoms with Gasteiger partial charge in [-0.2, -0.15) is 0 Å². The van der Waals surface area contributed by atoms with Crippen molar-refractivity contribution in [1.82, 2.24) is 5.32 Å². The molecule has 10 heteroatoms. The summed E-state index contributed by atoms with van der Waals surface area (Å²) < 4.78 is 30.5. The minimum absolute atomic E-state index is 0.0109. The van der Waals surface area contributed by atoms with Gasteiger partial charge in [-0.1, -0.05) is 225 Å². The van der Waals surface area contributed by atoms with Gasteiger partial charge in [0.05, 0.1) is 33.8 Å². The van der Waals surface area contributed by atoms with Gasteiger partial charge in [0, 0.05) is 12.8 Å². The van der Waals surface area contributed by atoms with Crippen LogP contribution < -0.4 is 5.32 Å². The number of phosphoric acid groups is 1. The number of rotatable bonds is 51. The molecule has 0 aliphatic heterocycles. The lowest BCUT2D eigenvalue weighted by atomic mass is 10.0. The number of nitrogens with zero attached hydrogens (tertiary/aromatic N) is 1. The normalized spacial score (nSPS) is 14.7. The molecular weight excluding hydrogens is 952 g/mol. The summed E-state index contributed by atoms with van der Waals surface area (Å²) >= 11 is 0. The first-order chi connectivity index (χ1) is 36.4. The number of carbonyl (C=O) groups excluding carboxylic acids is 2. The van der Waals surface area contributed by atoms with E-state index in [1.807, 2.05) is 39.4 Å². The van der Waals surface area contributed by atoms with Crippen LogP contribution in [0.15, 0.2) is 134 Å². The number of unbranched alkanes of at least 4 members (excludes halogenated alkanes) is 15. The molecule has 3 atom stereocenters. The Hall–Kier alpha value is -3.85. The van der Waals surface area contributed by atoms with Gasteiger partial charge in [-0.3, -0.25) is 18.6 Å². The number of carbonyl (C=O) groups is 2. The smallest absolute Gasteiger partial charge is 0.456 e. The van der Waals surface area contributed by atoms with Crippen LogP contribution in [0.3, 0.4) is 0 Å². The molecule has 1 amide bonds. The molecule has 2 N–H and O–H groups in total. The minimum atomic E-state index is -4.49. The molecule has 0 heterocycles. The zero-order chi connectivity index (χ0) is 55.0. The Balaban J connectivity index is 5.57. The van der Waals surface area contributed by atoms with Crippen molar-refractivity contribution in [2.45, 2.75) is 226 Å². The highest BCUT2D eigenvalue weighted by Gasteiger charge is 2.30. The van der Waals surface area contributed by atoms with Crippen molar-refractivity contribution in [2.75, 3.05) is 40.9 Å². The summed E-state index contributed by atoms with van der Waals surface area (Å²) in [5.41, 5.74) is 0. The van der Waals surface area contributed by atoms with Crippen LogP contribution in [0.25, 0.3) is 0 Å². The lowest BCUT2D eigenvalue weighted by molar-refractivity contribution is -0.870. The Labute approximate surface area is 460 Å². The highest BCUT2D eigenvalue weighted by atomic mass is 31.2. The second kappa shape index (κ2) is 53.5. The molecule has 3 unspecified atom stereocenters. The largest absolute Gasteiger partial charge is 0.472 e. The van der Waals surface area contributed by atoms with E-state index in [0.717, 1.165) is 83.5 Å².